The number of hydrogen-bond donors (Lipinski definition) is 1. The van der Waals surface area contributed by atoms with Crippen LogP contribution in [0.15, 0.2) is 66.1 Å². The lowest BCUT2D eigenvalue weighted by atomic mass is 10.0. The Bertz CT molecular complexity index is 1390. The van der Waals surface area contributed by atoms with Crippen LogP contribution in [0, 0.1) is 5.92 Å². The first-order valence-corrected chi connectivity index (χ1v) is 11.4. The first-order chi connectivity index (χ1) is 17.1. The van der Waals surface area contributed by atoms with Gasteiger partial charge < -0.3 is 10.1 Å². The van der Waals surface area contributed by atoms with Gasteiger partial charge >= 0.3 is 0 Å². The molecule has 3 aromatic heterocycles. The maximum atomic E-state index is 12.6. The van der Waals surface area contributed by atoms with Gasteiger partial charge in [0.25, 0.3) is 5.91 Å². The fourth-order valence-electron chi connectivity index (χ4n) is 3.98. The number of benzene rings is 1. The SMILES string of the molecule is Cn1cc(-n2ccc(=O)c(Cc3ccccc3-c3ncc(C(=O)NCC4CCOC4)cn3)n2)cn1. The van der Waals surface area contributed by atoms with Crippen molar-refractivity contribution in [2.75, 3.05) is 19.8 Å². The van der Waals surface area contributed by atoms with E-state index in [-0.39, 0.29) is 11.3 Å². The average Bonchev–Trinajstić information content (AvgIpc) is 3.56. The van der Waals surface area contributed by atoms with Crippen molar-refractivity contribution in [1.29, 1.82) is 0 Å². The fourth-order valence-corrected chi connectivity index (χ4v) is 3.98. The summed E-state index contributed by atoms with van der Waals surface area (Å²) >= 11 is 0. The van der Waals surface area contributed by atoms with Gasteiger partial charge in [-0.25, -0.2) is 14.6 Å². The summed E-state index contributed by atoms with van der Waals surface area (Å²) < 4.78 is 8.65. The minimum Gasteiger partial charge on any atom is -0.381 e. The lowest BCUT2D eigenvalue weighted by Gasteiger charge is -2.11. The third kappa shape index (κ3) is 5.17. The monoisotopic (exact) mass is 471 g/mol. The zero-order chi connectivity index (χ0) is 24.2. The number of hydrogen-bond acceptors (Lipinski definition) is 7. The molecule has 1 N–H and O–H groups in total. The van der Waals surface area contributed by atoms with Crippen molar-refractivity contribution in [1.82, 2.24) is 34.8 Å². The second-order valence-electron chi connectivity index (χ2n) is 8.51. The zero-order valence-corrected chi connectivity index (χ0v) is 19.3. The molecule has 1 aliphatic rings. The van der Waals surface area contributed by atoms with Crippen LogP contribution in [0.4, 0.5) is 0 Å². The molecule has 1 aromatic carbocycles. The Balaban J connectivity index is 1.35. The standard InChI is InChI=1S/C25H25N7O3/c1-31-15-20(14-29-31)32-8-6-23(33)22(30-32)10-18-4-2-3-5-21(18)24-26-12-19(13-27-24)25(34)28-11-17-7-9-35-16-17/h2-6,8,12-15,17H,7,9-11,16H2,1H3,(H,28,34). The fraction of sp³-hybridized carbons (Fsp3) is 0.280. The van der Waals surface area contributed by atoms with E-state index in [2.05, 4.69) is 25.5 Å². The van der Waals surface area contributed by atoms with E-state index in [0.717, 1.165) is 29.8 Å². The van der Waals surface area contributed by atoms with Crippen molar-refractivity contribution < 1.29 is 9.53 Å². The summed E-state index contributed by atoms with van der Waals surface area (Å²) in [5.41, 5.74) is 3.05. The number of carbonyl (C=O) groups excluding carboxylic acids is 1. The molecule has 35 heavy (non-hydrogen) atoms. The largest absolute Gasteiger partial charge is 0.381 e. The van der Waals surface area contributed by atoms with Crippen molar-refractivity contribution in [2.45, 2.75) is 12.8 Å². The van der Waals surface area contributed by atoms with Crippen LogP contribution in [-0.2, 0) is 18.2 Å². The molecule has 10 nitrogen and oxygen atoms in total. The van der Waals surface area contributed by atoms with E-state index in [9.17, 15) is 9.59 Å². The van der Waals surface area contributed by atoms with Crippen LogP contribution in [-0.4, -0.2) is 55.2 Å². The van der Waals surface area contributed by atoms with Gasteiger partial charge in [0, 0.05) is 62.8 Å². The van der Waals surface area contributed by atoms with Gasteiger partial charge in [-0.2, -0.15) is 10.2 Å². The first-order valence-electron chi connectivity index (χ1n) is 11.4. The van der Waals surface area contributed by atoms with Crippen molar-refractivity contribution in [2.24, 2.45) is 13.0 Å². The van der Waals surface area contributed by atoms with Crippen molar-refractivity contribution in [3.63, 3.8) is 0 Å². The minimum absolute atomic E-state index is 0.152. The summed E-state index contributed by atoms with van der Waals surface area (Å²) in [6, 6.07) is 9.10. The quantitative estimate of drug-likeness (QED) is 0.437. The number of rotatable bonds is 7. The number of ether oxygens (including phenoxy) is 1. The number of amides is 1. The van der Waals surface area contributed by atoms with Gasteiger partial charge in [-0.3, -0.25) is 14.3 Å². The van der Waals surface area contributed by atoms with Gasteiger partial charge in [-0.15, -0.1) is 0 Å². The predicted octanol–water partition coefficient (Wildman–Crippen LogP) is 1.78. The average molecular weight is 472 g/mol. The Morgan fingerprint density at radius 1 is 1.17 bits per heavy atom. The normalized spacial score (nSPS) is 15.3. The van der Waals surface area contributed by atoms with Gasteiger partial charge in [0.2, 0.25) is 5.43 Å². The smallest absolute Gasteiger partial charge is 0.254 e. The Hall–Kier alpha value is -4.18. The highest BCUT2D eigenvalue weighted by molar-refractivity contribution is 5.93. The van der Waals surface area contributed by atoms with Crippen LogP contribution >= 0.6 is 0 Å². The summed E-state index contributed by atoms with van der Waals surface area (Å²) in [6.07, 6.45) is 9.44. The number of nitrogens with one attached hydrogen (secondary N) is 1. The second kappa shape index (κ2) is 9.98. The van der Waals surface area contributed by atoms with Gasteiger partial charge in [0.15, 0.2) is 5.82 Å². The number of aromatic nitrogens is 6. The molecule has 1 atom stereocenters. The van der Waals surface area contributed by atoms with Crippen LogP contribution < -0.4 is 10.7 Å². The van der Waals surface area contributed by atoms with E-state index in [1.807, 2.05) is 37.5 Å². The Kier molecular flexibility index (Phi) is 6.44. The molecule has 1 fully saturated rings. The topological polar surface area (TPSA) is 117 Å². The molecule has 0 spiro atoms. The van der Waals surface area contributed by atoms with Crippen LogP contribution in [0.5, 0.6) is 0 Å². The number of aryl methyl sites for hydroxylation is 1. The molecule has 5 rings (SSSR count). The summed E-state index contributed by atoms with van der Waals surface area (Å²) in [4.78, 5) is 33.9. The highest BCUT2D eigenvalue weighted by Crippen LogP contribution is 2.22. The maximum absolute atomic E-state index is 12.6. The molecular formula is C25H25N7O3. The first kappa shape index (κ1) is 22.6. The Morgan fingerprint density at radius 2 is 2.00 bits per heavy atom. The zero-order valence-electron chi connectivity index (χ0n) is 19.3. The molecule has 1 aliphatic heterocycles. The second-order valence-corrected chi connectivity index (χ2v) is 8.51. The molecule has 0 saturated carbocycles. The molecule has 4 aromatic rings. The van der Waals surface area contributed by atoms with Gasteiger partial charge in [-0.05, 0) is 12.0 Å². The van der Waals surface area contributed by atoms with E-state index in [0.29, 0.717) is 42.6 Å². The lowest BCUT2D eigenvalue weighted by Crippen LogP contribution is -2.29. The van der Waals surface area contributed by atoms with E-state index >= 15 is 0 Å². The number of nitrogens with zero attached hydrogens (tertiary/aromatic N) is 6. The molecule has 1 amide bonds. The van der Waals surface area contributed by atoms with E-state index in [4.69, 9.17) is 4.74 Å². The van der Waals surface area contributed by atoms with Gasteiger partial charge in [0.1, 0.15) is 11.4 Å². The van der Waals surface area contributed by atoms with E-state index in [1.165, 1.54) is 18.5 Å². The maximum Gasteiger partial charge on any atom is 0.254 e. The molecule has 178 valence electrons. The molecule has 1 saturated heterocycles. The Labute approximate surface area is 201 Å². The van der Waals surface area contributed by atoms with Crippen molar-refractivity contribution >= 4 is 5.91 Å². The summed E-state index contributed by atoms with van der Waals surface area (Å²) in [5.74, 6) is 0.617. The van der Waals surface area contributed by atoms with Crippen molar-refractivity contribution in [3.8, 4) is 17.1 Å². The highest BCUT2D eigenvalue weighted by atomic mass is 16.5. The minimum atomic E-state index is -0.207. The van der Waals surface area contributed by atoms with Gasteiger partial charge in [0.05, 0.1) is 24.6 Å². The van der Waals surface area contributed by atoms with Crippen molar-refractivity contribution in [3.05, 3.63) is 88.4 Å². The van der Waals surface area contributed by atoms with Crippen LogP contribution in [0.3, 0.4) is 0 Å². The van der Waals surface area contributed by atoms with Crippen LogP contribution in [0.1, 0.15) is 28.0 Å². The summed E-state index contributed by atoms with van der Waals surface area (Å²) in [6.45, 7) is 1.99. The molecule has 1 unspecified atom stereocenters. The number of carbonyl (C=O) groups is 1. The molecule has 0 aliphatic carbocycles. The van der Waals surface area contributed by atoms with E-state index in [1.54, 1.807) is 21.8 Å². The molecule has 0 radical (unpaired) electrons. The van der Waals surface area contributed by atoms with Crippen LogP contribution in [0.2, 0.25) is 0 Å². The summed E-state index contributed by atoms with van der Waals surface area (Å²) in [5, 5.41) is 11.6. The van der Waals surface area contributed by atoms with Gasteiger partial charge in [-0.1, -0.05) is 24.3 Å². The Morgan fingerprint density at radius 3 is 2.74 bits per heavy atom. The third-order valence-electron chi connectivity index (χ3n) is 5.94. The highest BCUT2D eigenvalue weighted by Gasteiger charge is 2.18. The summed E-state index contributed by atoms with van der Waals surface area (Å²) in [7, 11) is 1.82. The predicted molar refractivity (Wildman–Crippen MR) is 128 cm³/mol. The molecule has 0 bridgehead atoms. The third-order valence-corrected chi connectivity index (χ3v) is 5.94. The molecule has 10 heteroatoms. The molecule has 4 heterocycles. The lowest BCUT2D eigenvalue weighted by molar-refractivity contribution is 0.0944. The van der Waals surface area contributed by atoms with E-state index < -0.39 is 0 Å². The molecular weight excluding hydrogens is 446 g/mol. The van der Waals surface area contributed by atoms with Crippen LogP contribution in [0.25, 0.3) is 17.1 Å².